The maximum atomic E-state index is 13.7. The Morgan fingerprint density at radius 1 is 1.00 bits per heavy atom. The van der Waals surface area contributed by atoms with Gasteiger partial charge in [0.15, 0.2) is 0 Å². The molecule has 0 unspecified atom stereocenters. The SMILES string of the molecule is CCOC(=O)c1cccc(NC(=O)[C@@H]2c3ccccc3C(=O)N3CCc4ccccc4[C@H]23)c1. The molecule has 0 fully saturated rings. The molecule has 0 spiro atoms. The second-order valence-electron chi connectivity index (χ2n) is 8.25. The highest BCUT2D eigenvalue weighted by atomic mass is 16.5. The number of carbonyl (C=O) groups excluding carboxylic acids is 3. The van der Waals surface area contributed by atoms with Crippen molar-refractivity contribution in [2.24, 2.45) is 0 Å². The van der Waals surface area contributed by atoms with Crippen LogP contribution in [0.15, 0.2) is 72.8 Å². The lowest BCUT2D eigenvalue weighted by Gasteiger charge is -2.45. The van der Waals surface area contributed by atoms with Crippen molar-refractivity contribution < 1.29 is 19.1 Å². The summed E-state index contributed by atoms with van der Waals surface area (Å²) in [5.41, 5.74) is 4.34. The molecule has 2 aliphatic heterocycles. The molecule has 0 aromatic heterocycles. The lowest BCUT2D eigenvalue weighted by Crippen LogP contribution is -2.49. The predicted molar refractivity (Wildman–Crippen MR) is 124 cm³/mol. The van der Waals surface area contributed by atoms with E-state index in [2.05, 4.69) is 11.4 Å². The third kappa shape index (κ3) is 3.67. The van der Waals surface area contributed by atoms with Crippen LogP contribution in [0.3, 0.4) is 0 Å². The van der Waals surface area contributed by atoms with Crippen LogP contribution in [0.2, 0.25) is 0 Å². The standard InChI is InChI=1S/C27H24N2O4/c1-2-33-27(32)18-9-7-10-19(16-18)28-25(30)23-21-12-5-6-13-22(21)26(31)29-15-14-17-8-3-4-11-20(17)24(23)29/h3-13,16,23-24H,2,14-15H2,1H3,(H,28,30)/t23-,24-/m1/s1. The van der Waals surface area contributed by atoms with Gasteiger partial charge in [0.2, 0.25) is 5.91 Å². The smallest absolute Gasteiger partial charge is 0.338 e. The first-order chi connectivity index (χ1) is 16.1. The van der Waals surface area contributed by atoms with Gasteiger partial charge in [-0.15, -0.1) is 0 Å². The monoisotopic (exact) mass is 440 g/mol. The van der Waals surface area contributed by atoms with E-state index in [1.807, 2.05) is 41.3 Å². The predicted octanol–water partition coefficient (Wildman–Crippen LogP) is 4.34. The second kappa shape index (κ2) is 8.54. The van der Waals surface area contributed by atoms with Crippen LogP contribution in [0.4, 0.5) is 5.69 Å². The Bertz CT molecular complexity index is 1250. The maximum Gasteiger partial charge on any atom is 0.338 e. The number of nitrogens with zero attached hydrogens (tertiary/aromatic N) is 1. The van der Waals surface area contributed by atoms with Gasteiger partial charge in [-0.1, -0.05) is 48.5 Å². The van der Waals surface area contributed by atoms with E-state index in [1.54, 1.807) is 37.3 Å². The van der Waals surface area contributed by atoms with Crippen molar-refractivity contribution >= 4 is 23.5 Å². The Kier molecular flexibility index (Phi) is 5.42. The molecule has 6 heteroatoms. The normalized spacial score (nSPS) is 18.6. The van der Waals surface area contributed by atoms with Gasteiger partial charge in [0.25, 0.3) is 5.91 Å². The number of hydrogen-bond acceptors (Lipinski definition) is 4. The van der Waals surface area contributed by atoms with E-state index in [4.69, 9.17) is 4.74 Å². The van der Waals surface area contributed by atoms with E-state index in [-0.39, 0.29) is 24.5 Å². The van der Waals surface area contributed by atoms with Crippen LogP contribution in [-0.2, 0) is 16.0 Å². The molecular formula is C27H24N2O4. The lowest BCUT2D eigenvalue weighted by atomic mass is 9.76. The van der Waals surface area contributed by atoms with Gasteiger partial charge < -0.3 is 15.0 Å². The van der Waals surface area contributed by atoms with Crippen LogP contribution in [0.5, 0.6) is 0 Å². The summed E-state index contributed by atoms with van der Waals surface area (Å²) in [7, 11) is 0. The number of nitrogens with one attached hydrogen (secondary N) is 1. The van der Waals surface area contributed by atoms with E-state index in [9.17, 15) is 14.4 Å². The number of carbonyl (C=O) groups is 3. The molecule has 2 amide bonds. The third-order valence-corrected chi connectivity index (χ3v) is 6.36. The molecule has 2 atom stereocenters. The number of anilines is 1. The van der Waals surface area contributed by atoms with Crippen molar-refractivity contribution in [1.29, 1.82) is 0 Å². The van der Waals surface area contributed by atoms with Crippen molar-refractivity contribution in [3.05, 3.63) is 101 Å². The zero-order valence-electron chi connectivity index (χ0n) is 18.3. The van der Waals surface area contributed by atoms with Crippen LogP contribution in [0, 0.1) is 0 Å². The highest BCUT2D eigenvalue weighted by Gasteiger charge is 2.46. The maximum absolute atomic E-state index is 13.7. The summed E-state index contributed by atoms with van der Waals surface area (Å²) in [6.07, 6.45) is 0.760. The van der Waals surface area contributed by atoms with Crippen molar-refractivity contribution in [2.45, 2.75) is 25.3 Å². The van der Waals surface area contributed by atoms with Crippen LogP contribution in [0.25, 0.3) is 0 Å². The van der Waals surface area contributed by atoms with Gasteiger partial charge >= 0.3 is 5.97 Å². The molecule has 6 nitrogen and oxygen atoms in total. The van der Waals surface area contributed by atoms with Gasteiger partial charge in [0.05, 0.1) is 24.1 Å². The summed E-state index contributed by atoms with van der Waals surface area (Å²) in [5.74, 6) is -1.28. The minimum atomic E-state index is -0.577. The number of esters is 1. The molecule has 1 N–H and O–H groups in total. The molecule has 0 saturated heterocycles. The van der Waals surface area contributed by atoms with E-state index < -0.39 is 11.9 Å². The average Bonchev–Trinajstić information content (AvgIpc) is 2.84. The summed E-state index contributed by atoms with van der Waals surface area (Å²) < 4.78 is 5.08. The summed E-state index contributed by atoms with van der Waals surface area (Å²) in [6.45, 7) is 2.59. The molecule has 3 aromatic carbocycles. The fourth-order valence-corrected chi connectivity index (χ4v) is 4.92. The van der Waals surface area contributed by atoms with Gasteiger partial charge in [-0.2, -0.15) is 0 Å². The number of benzene rings is 3. The second-order valence-corrected chi connectivity index (χ2v) is 8.25. The first kappa shape index (κ1) is 20.9. The number of fused-ring (bicyclic) bond motifs is 4. The Hall–Kier alpha value is -3.93. The van der Waals surface area contributed by atoms with Crippen LogP contribution in [-0.4, -0.2) is 35.8 Å². The molecule has 5 rings (SSSR count). The van der Waals surface area contributed by atoms with Crippen molar-refractivity contribution in [1.82, 2.24) is 4.90 Å². The third-order valence-electron chi connectivity index (χ3n) is 6.36. The summed E-state index contributed by atoms with van der Waals surface area (Å²) in [5, 5.41) is 2.98. The molecule has 0 saturated carbocycles. The zero-order valence-corrected chi connectivity index (χ0v) is 18.3. The number of amides is 2. The van der Waals surface area contributed by atoms with Crippen LogP contribution >= 0.6 is 0 Å². The number of rotatable bonds is 4. The van der Waals surface area contributed by atoms with E-state index in [0.717, 1.165) is 23.1 Å². The molecule has 0 aliphatic carbocycles. The summed E-state index contributed by atoms with van der Waals surface area (Å²) >= 11 is 0. The fourth-order valence-electron chi connectivity index (χ4n) is 4.92. The first-order valence-electron chi connectivity index (χ1n) is 11.1. The Morgan fingerprint density at radius 2 is 1.76 bits per heavy atom. The van der Waals surface area contributed by atoms with Crippen LogP contribution in [0.1, 0.15) is 56.3 Å². The highest BCUT2D eigenvalue weighted by molar-refractivity contribution is 6.05. The molecule has 2 heterocycles. The van der Waals surface area contributed by atoms with Crippen molar-refractivity contribution in [3.8, 4) is 0 Å². The largest absolute Gasteiger partial charge is 0.462 e. The molecule has 0 bridgehead atoms. The Morgan fingerprint density at radius 3 is 2.58 bits per heavy atom. The van der Waals surface area contributed by atoms with E-state index >= 15 is 0 Å². The molecule has 33 heavy (non-hydrogen) atoms. The van der Waals surface area contributed by atoms with Gasteiger partial charge in [-0.05, 0) is 54.3 Å². The molecule has 2 aliphatic rings. The molecular weight excluding hydrogens is 416 g/mol. The van der Waals surface area contributed by atoms with Gasteiger partial charge in [-0.3, -0.25) is 9.59 Å². The van der Waals surface area contributed by atoms with E-state index in [1.165, 1.54) is 0 Å². The average molecular weight is 440 g/mol. The van der Waals surface area contributed by atoms with Crippen molar-refractivity contribution in [3.63, 3.8) is 0 Å². The highest BCUT2D eigenvalue weighted by Crippen LogP contribution is 2.46. The van der Waals surface area contributed by atoms with Gasteiger partial charge in [-0.25, -0.2) is 4.79 Å². The fraction of sp³-hybridized carbons (Fsp3) is 0.222. The lowest BCUT2D eigenvalue weighted by molar-refractivity contribution is -0.119. The minimum Gasteiger partial charge on any atom is -0.462 e. The van der Waals surface area contributed by atoms with Crippen LogP contribution < -0.4 is 5.32 Å². The molecule has 166 valence electrons. The number of hydrogen-bond donors (Lipinski definition) is 1. The molecule has 3 aromatic rings. The topological polar surface area (TPSA) is 75.7 Å². The zero-order chi connectivity index (χ0) is 22.9. The van der Waals surface area contributed by atoms with E-state index in [0.29, 0.717) is 23.4 Å². The Labute approximate surface area is 192 Å². The Balaban J connectivity index is 1.55. The first-order valence-corrected chi connectivity index (χ1v) is 11.1. The minimum absolute atomic E-state index is 0.0431. The van der Waals surface area contributed by atoms with Gasteiger partial charge in [0.1, 0.15) is 0 Å². The number of ether oxygens (including phenoxy) is 1. The summed E-state index contributed by atoms with van der Waals surface area (Å²) in [6, 6.07) is 21.7. The molecule has 0 radical (unpaired) electrons. The van der Waals surface area contributed by atoms with Crippen molar-refractivity contribution in [2.75, 3.05) is 18.5 Å². The van der Waals surface area contributed by atoms with Gasteiger partial charge in [0, 0.05) is 17.8 Å². The summed E-state index contributed by atoms with van der Waals surface area (Å²) in [4.78, 5) is 41.0. The quantitative estimate of drug-likeness (QED) is 0.613.